The first-order chi connectivity index (χ1) is 22.5. The monoisotopic (exact) mass is 830 g/mol. The second kappa shape index (κ2) is 18.8. The molecule has 0 heterocycles. The first kappa shape index (κ1) is 44.4. The normalized spacial score (nSPS) is 13.0. The van der Waals surface area contributed by atoms with E-state index in [0.29, 0.717) is 0 Å². The van der Waals surface area contributed by atoms with Gasteiger partial charge in [0.2, 0.25) is 0 Å². The average Bonchev–Trinajstić information content (AvgIpc) is 3.68. The molecule has 0 amide bonds. The molecule has 0 aliphatic heterocycles. The van der Waals surface area contributed by atoms with Crippen molar-refractivity contribution in [2.75, 3.05) is 0 Å². The van der Waals surface area contributed by atoms with E-state index in [1.165, 1.54) is 71.2 Å². The van der Waals surface area contributed by atoms with Crippen LogP contribution in [0.1, 0.15) is 42.5 Å². The molecule has 0 atom stereocenters. The van der Waals surface area contributed by atoms with Gasteiger partial charge in [0.15, 0.2) is 0 Å². The average molecular weight is 833 g/mol. The summed E-state index contributed by atoms with van der Waals surface area (Å²) in [4.78, 5) is 0. The van der Waals surface area contributed by atoms with Crippen molar-refractivity contribution in [1.29, 1.82) is 0 Å². The Bertz CT molecular complexity index is 1820. The summed E-state index contributed by atoms with van der Waals surface area (Å²) in [5.74, 6) is 0. The fourth-order valence-corrected chi connectivity index (χ4v) is 16.8. The van der Waals surface area contributed by atoms with Gasteiger partial charge in [-0.1, -0.05) is 108 Å². The van der Waals surface area contributed by atoms with E-state index in [9.17, 15) is 0 Å². The van der Waals surface area contributed by atoms with E-state index in [4.69, 9.17) is 0 Å². The molecule has 0 bridgehead atoms. The molecule has 5 aromatic rings. The molecule has 0 N–H and O–H groups in total. The number of halogens is 2. The van der Waals surface area contributed by atoms with Crippen LogP contribution in [0.5, 0.6) is 0 Å². The topological polar surface area (TPSA) is 0 Å². The number of fused-ring (bicyclic) bond motifs is 3. The van der Waals surface area contributed by atoms with Crippen molar-refractivity contribution >= 4 is 73.8 Å². The van der Waals surface area contributed by atoms with Gasteiger partial charge in [0.1, 0.15) is 0 Å². The third-order valence-electron chi connectivity index (χ3n) is 9.17. The van der Waals surface area contributed by atoms with E-state index in [1.54, 1.807) is 5.20 Å². The second-order valence-corrected chi connectivity index (χ2v) is 32.5. The Hall–Kier alpha value is -1.79. The Morgan fingerprint density at radius 3 is 1.36 bits per heavy atom. The third-order valence-corrected chi connectivity index (χ3v) is 17.3. The van der Waals surface area contributed by atoms with Crippen molar-refractivity contribution in [3.8, 4) is 0 Å². The van der Waals surface area contributed by atoms with Crippen LogP contribution in [0.4, 0.5) is 0 Å². The molecule has 0 spiro atoms. The molecule has 1 aliphatic carbocycles. The van der Waals surface area contributed by atoms with Gasteiger partial charge in [-0.2, -0.15) is 5.20 Å². The summed E-state index contributed by atoms with van der Waals surface area (Å²) >= 11 is 1.46. The molecule has 6 rings (SSSR count). The zero-order valence-electron chi connectivity index (χ0n) is 32.3. The Balaban J connectivity index is 0.000000256. The Morgan fingerprint density at radius 2 is 1.02 bits per heavy atom. The number of aryl methyl sites for hydroxylation is 2. The quantitative estimate of drug-likeness (QED) is 0.113. The van der Waals surface area contributed by atoms with Gasteiger partial charge >= 0.3 is 99.2 Å². The fourth-order valence-electron chi connectivity index (χ4n) is 6.55. The van der Waals surface area contributed by atoms with Gasteiger partial charge < -0.3 is 0 Å². The minimum absolute atomic E-state index is 0. The fraction of sp³-hybridized carbons (Fsp3) is 0.318. The maximum atomic E-state index is 3.78. The van der Waals surface area contributed by atoms with E-state index < -0.39 is 24.2 Å². The van der Waals surface area contributed by atoms with Crippen LogP contribution in [0.3, 0.4) is 0 Å². The first-order valence-corrected chi connectivity index (χ1v) is 29.4. The Kier molecular flexibility index (Phi) is 16.7. The van der Waals surface area contributed by atoms with Crippen LogP contribution in [0.15, 0.2) is 119 Å². The van der Waals surface area contributed by atoms with Crippen LogP contribution in [0, 0.1) is 6.08 Å². The predicted octanol–water partition coefficient (Wildman–Crippen LogP) is 13.5. The van der Waals surface area contributed by atoms with Crippen LogP contribution >= 0.6 is 24.8 Å². The molecule has 1 aliphatic rings. The number of rotatable bonds is 7. The Morgan fingerprint density at radius 1 is 0.600 bits per heavy atom. The summed E-state index contributed by atoms with van der Waals surface area (Å²) in [6.45, 7) is 26.9. The standard InChI is InChI=1S/C17H17.C14H29Si3.C13H10.2ClH.Zr/c1-3-12-5-7-16-14(9-12)11-15-10-13(4-2)6-8-17(15)16;1-15(2,3)12-10-11-13(16(4,5)6)14(12)17(7,8)9;1-3-7-12(8-4-1)11-13-9-5-2-6-10-13;;;/h5-11H,3-4H2,1-2H3;10H2,1-9H3;1-10H;2*1H;/q2*-1;;;;+2. The van der Waals surface area contributed by atoms with Crippen molar-refractivity contribution in [3.63, 3.8) is 0 Å². The van der Waals surface area contributed by atoms with Crippen molar-refractivity contribution < 1.29 is 24.2 Å². The molecule has 0 fully saturated rings. The summed E-state index contributed by atoms with van der Waals surface area (Å²) in [7, 11) is -3.60. The minimum atomic E-state index is -1.22. The Labute approximate surface area is 334 Å². The third kappa shape index (κ3) is 11.4. The van der Waals surface area contributed by atoms with E-state index in [0.717, 1.165) is 19.3 Å². The molecule has 6 heteroatoms. The summed E-state index contributed by atoms with van der Waals surface area (Å²) in [5.41, 5.74) is 5.50. The van der Waals surface area contributed by atoms with Crippen LogP contribution in [-0.4, -0.2) is 27.4 Å². The van der Waals surface area contributed by atoms with Crippen molar-refractivity contribution in [1.82, 2.24) is 0 Å². The summed E-state index contributed by atoms with van der Waals surface area (Å²) in [6.07, 6.45) is 7.15. The molecule has 0 nitrogen and oxygen atoms in total. The number of hydrogen-bond acceptors (Lipinski definition) is 0. The van der Waals surface area contributed by atoms with Crippen LogP contribution in [0.25, 0.3) is 21.5 Å². The number of allylic oxidation sites excluding steroid dienone is 4. The van der Waals surface area contributed by atoms with Crippen LogP contribution in [-0.2, 0) is 37.1 Å². The van der Waals surface area contributed by atoms with Crippen molar-refractivity contribution in [2.45, 2.75) is 92.0 Å². The van der Waals surface area contributed by atoms with Gasteiger partial charge in [0.05, 0.1) is 8.07 Å². The summed E-state index contributed by atoms with van der Waals surface area (Å²) < 4.78 is 1.42. The molecule has 0 aromatic heterocycles. The second-order valence-electron chi connectivity index (χ2n) is 16.1. The van der Waals surface area contributed by atoms with Gasteiger partial charge in [-0.3, -0.25) is 6.08 Å². The molecule has 264 valence electrons. The predicted molar refractivity (Wildman–Crippen MR) is 235 cm³/mol. The van der Waals surface area contributed by atoms with Crippen LogP contribution in [0.2, 0.25) is 58.9 Å². The summed E-state index contributed by atoms with van der Waals surface area (Å²) in [6, 6.07) is 37.1. The number of benzene rings is 4. The molecule has 0 saturated heterocycles. The zero-order valence-corrected chi connectivity index (χ0v) is 39.3. The van der Waals surface area contributed by atoms with Gasteiger partial charge in [0.25, 0.3) is 0 Å². The van der Waals surface area contributed by atoms with Crippen molar-refractivity contribution in [2.24, 2.45) is 0 Å². The van der Waals surface area contributed by atoms with Gasteiger partial charge in [-0.25, -0.2) is 10.4 Å². The first-order valence-electron chi connectivity index (χ1n) is 17.7. The number of hydrogen-bond donors (Lipinski definition) is 0. The van der Waals surface area contributed by atoms with E-state index in [1.807, 2.05) is 10.4 Å². The van der Waals surface area contributed by atoms with E-state index in [-0.39, 0.29) is 24.8 Å². The molecule has 0 radical (unpaired) electrons. The molecule has 5 aromatic carbocycles. The van der Waals surface area contributed by atoms with Crippen molar-refractivity contribution in [3.05, 3.63) is 147 Å². The van der Waals surface area contributed by atoms with E-state index in [2.05, 4.69) is 182 Å². The van der Waals surface area contributed by atoms with Gasteiger partial charge in [-0.05, 0) is 20.9 Å². The van der Waals surface area contributed by atoms with Gasteiger partial charge in [0, 0.05) is 8.07 Å². The SMILES string of the molecule is CCc1ccc2c(c1)[cH-]c1cc(CC)ccc12.C[Si](C)(C)C1=[C-]CC([Si](C)(C)C)=C1[Si](C)(C)C.Cl.Cl.[Zr+2]=[C](c1ccccc1)c1ccccc1. The van der Waals surface area contributed by atoms with E-state index >= 15 is 0 Å². The molecule has 50 heavy (non-hydrogen) atoms. The zero-order chi connectivity index (χ0) is 35.3. The molecule has 0 unspecified atom stereocenters. The van der Waals surface area contributed by atoms with Crippen LogP contribution < -0.4 is 0 Å². The molecular weight excluding hydrogens is 775 g/mol. The summed E-state index contributed by atoms with van der Waals surface area (Å²) in [5, 5.41) is 10.8. The molecule has 0 saturated carbocycles. The van der Waals surface area contributed by atoms with Gasteiger partial charge in [-0.15, -0.1) is 71.0 Å². The molecular formula is C44H58Cl2Si3Zr. The maximum absolute atomic E-state index is 3.78.